The molecule has 0 aliphatic carbocycles. The molecule has 1 atom stereocenters. The van der Waals surface area contributed by atoms with Gasteiger partial charge in [-0.3, -0.25) is 4.99 Å². The van der Waals surface area contributed by atoms with Gasteiger partial charge in [-0.2, -0.15) is 0 Å². The summed E-state index contributed by atoms with van der Waals surface area (Å²) in [5.74, 6) is 0.473. The van der Waals surface area contributed by atoms with E-state index in [4.69, 9.17) is 4.52 Å². The second-order valence-corrected chi connectivity index (χ2v) is 6.96. The second-order valence-electron chi connectivity index (χ2n) is 6.96. The van der Waals surface area contributed by atoms with Crippen LogP contribution in [0.15, 0.2) is 27.7 Å². The Morgan fingerprint density at radius 2 is 2.07 bits per heavy atom. The molecule has 28 heavy (non-hydrogen) atoms. The van der Waals surface area contributed by atoms with Gasteiger partial charge >= 0.3 is 0 Å². The number of aliphatic imine (C=N–C) groups is 1. The summed E-state index contributed by atoms with van der Waals surface area (Å²) < 4.78 is 33.2. The molecule has 152 valence electrons. The van der Waals surface area contributed by atoms with Gasteiger partial charge in [-0.15, -0.1) is 0 Å². The van der Waals surface area contributed by atoms with Gasteiger partial charge in [0.05, 0.1) is 5.69 Å². The van der Waals surface area contributed by atoms with Crippen molar-refractivity contribution in [1.29, 1.82) is 0 Å². The maximum Gasteiger partial charge on any atom is 0.191 e. The largest absolute Gasteiger partial charge is 0.365 e. The van der Waals surface area contributed by atoms with Gasteiger partial charge < -0.3 is 20.1 Å². The molecule has 0 bridgehead atoms. The van der Waals surface area contributed by atoms with Crippen LogP contribution in [-0.4, -0.2) is 43.3 Å². The van der Waals surface area contributed by atoms with Gasteiger partial charge in [0, 0.05) is 37.8 Å². The molecule has 1 aromatic carbocycles. The molecule has 1 saturated heterocycles. The zero-order valence-corrected chi connectivity index (χ0v) is 16.6. The van der Waals surface area contributed by atoms with Crippen LogP contribution in [-0.2, 0) is 6.42 Å². The average molecular weight is 391 g/mol. The van der Waals surface area contributed by atoms with Crippen LogP contribution in [0.25, 0.3) is 0 Å². The summed E-state index contributed by atoms with van der Waals surface area (Å²) in [6, 6.07) is 4.03. The summed E-state index contributed by atoms with van der Waals surface area (Å²) >= 11 is 0. The van der Waals surface area contributed by atoms with Crippen LogP contribution in [0.3, 0.4) is 0 Å². The zero-order valence-electron chi connectivity index (χ0n) is 16.6. The Morgan fingerprint density at radius 1 is 1.32 bits per heavy atom. The zero-order chi connectivity index (χ0) is 20.1. The van der Waals surface area contributed by atoms with Crippen molar-refractivity contribution in [1.82, 2.24) is 15.8 Å². The lowest BCUT2D eigenvalue weighted by atomic mass is 10.1. The van der Waals surface area contributed by atoms with Crippen molar-refractivity contribution in [3.05, 3.63) is 46.9 Å². The third kappa shape index (κ3) is 4.61. The molecule has 3 rings (SSSR count). The first-order valence-electron chi connectivity index (χ1n) is 9.65. The number of aromatic nitrogens is 1. The summed E-state index contributed by atoms with van der Waals surface area (Å²) in [6.45, 7) is 8.26. The van der Waals surface area contributed by atoms with Crippen LogP contribution < -0.4 is 15.5 Å². The lowest BCUT2D eigenvalue weighted by Crippen LogP contribution is -2.44. The number of para-hydroxylation sites is 1. The Hall–Kier alpha value is -2.64. The van der Waals surface area contributed by atoms with E-state index in [0.717, 1.165) is 36.4 Å². The van der Waals surface area contributed by atoms with E-state index in [9.17, 15) is 8.78 Å². The number of hydrogen-bond donors (Lipinski definition) is 2. The van der Waals surface area contributed by atoms with Crippen molar-refractivity contribution in [3.63, 3.8) is 0 Å². The van der Waals surface area contributed by atoms with Crippen molar-refractivity contribution >= 4 is 11.6 Å². The van der Waals surface area contributed by atoms with Crippen LogP contribution in [0.4, 0.5) is 14.5 Å². The number of nitrogens with one attached hydrogen (secondary N) is 2. The quantitative estimate of drug-likeness (QED) is 0.586. The topological polar surface area (TPSA) is 65.7 Å². The van der Waals surface area contributed by atoms with Crippen LogP contribution in [0.2, 0.25) is 0 Å². The molecule has 6 nitrogen and oxygen atoms in total. The number of nitrogens with zero attached hydrogens (tertiary/aromatic N) is 3. The molecule has 1 aromatic heterocycles. The fourth-order valence-electron chi connectivity index (χ4n) is 3.52. The summed E-state index contributed by atoms with van der Waals surface area (Å²) in [4.78, 5) is 6.37. The van der Waals surface area contributed by atoms with Gasteiger partial charge in [0.15, 0.2) is 5.96 Å². The molecular formula is C20H27F2N5O. The van der Waals surface area contributed by atoms with Crippen molar-refractivity contribution < 1.29 is 13.3 Å². The SMILES string of the molecule is CCNC(=NCCc1c(C)noc1C)NC1CCN(c2c(F)cccc2F)C1. The van der Waals surface area contributed by atoms with E-state index in [-0.39, 0.29) is 11.7 Å². The van der Waals surface area contributed by atoms with Crippen molar-refractivity contribution in [2.75, 3.05) is 31.1 Å². The molecule has 1 fully saturated rings. The van der Waals surface area contributed by atoms with E-state index in [2.05, 4.69) is 20.8 Å². The minimum absolute atomic E-state index is 0.0483. The minimum Gasteiger partial charge on any atom is -0.365 e. The summed E-state index contributed by atoms with van der Waals surface area (Å²) in [5.41, 5.74) is 2.03. The van der Waals surface area contributed by atoms with Crippen LogP contribution in [0, 0.1) is 25.5 Å². The minimum atomic E-state index is -0.527. The van der Waals surface area contributed by atoms with Gasteiger partial charge in [0.1, 0.15) is 23.1 Å². The fraction of sp³-hybridized carbons (Fsp3) is 0.500. The van der Waals surface area contributed by atoms with Crippen molar-refractivity contribution in [2.24, 2.45) is 4.99 Å². The first kappa shape index (κ1) is 20.1. The molecule has 1 aliphatic heterocycles. The second kappa shape index (κ2) is 9.03. The van der Waals surface area contributed by atoms with E-state index in [1.807, 2.05) is 20.8 Å². The van der Waals surface area contributed by atoms with Gasteiger partial charge in [-0.25, -0.2) is 8.78 Å². The Morgan fingerprint density at radius 3 is 2.71 bits per heavy atom. The third-order valence-electron chi connectivity index (χ3n) is 4.94. The van der Waals surface area contributed by atoms with E-state index < -0.39 is 11.6 Å². The highest BCUT2D eigenvalue weighted by atomic mass is 19.1. The fourth-order valence-corrected chi connectivity index (χ4v) is 3.52. The lowest BCUT2D eigenvalue weighted by molar-refractivity contribution is 0.392. The molecule has 0 amide bonds. The smallest absolute Gasteiger partial charge is 0.191 e. The molecule has 0 radical (unpaired) electrons. The van der Waals surface area contributed by atoms with Gasteiger partial charge in [-0.1, -0.05) is 11.2 Å². The van der Waals surface area contributed by atoms with Crippen molar-refractivity contribution in [2.45, 2.75) is 39.7 Å². The number of halogens is 2. The molecule has 2 aromatic rings. The predicted molar refractivity (Wildman–Crippen MR) is 106 cm³/mol. The number of benzene rings is 1. The molecule has 2 heterocycles. The Balaban J connectivity index is 1.60. The third-order valence-corrected chi connectivity index (χ3v) is 4.94. The first-order valence-corrected chi connectivity index (χ1v) is 9.65. The van der Waals surface area contributed by atoms with Gasteiger partial charge in [0.2, 0.25) is 0 Å². The van der Waals surface area contributed by atoms with E-state index in [0.29, 0.717) is 25.6 Å². The average Bonchev–Trinajstić information content (AvgIpc) is 3.23. The van der Waals surface area contributed by atoms with Gasteiger partial charge in [-0.05, 0) is 45.7 Å². The standard InChI is InChI=1S/C20H27F2N5O/c1-4-23-20(24-10-8-16-13(2)26-28-14(16)3)25-15-9-11-27(12-15)19-17(21)6-5-7-18(19)22/h5-7,15H,4,8-12H2,1-3H3,(H2,23,24,25). The van der Waals surface area contributed by atoms with E-state index in [1.165, 1.54) is 18.2 Å². The van der Waals surface area contributed by atoms with Crippen LogP contribution in [0.1, 0.15) is 30.4 Å². The van der Waals surface area contributed by atoms with E-state index >= 15 is 0 Å². The summed E-state index contributed by atoms with van der Waals surface area (Å²) in [7, 11) is 0. The Kier molecular flexibility index (Phi) is 6.49. The van der Waals surface area contributed by atoms with Crippen molar-refractivity contribution in [3.8, 4) is 0 Å². The molecule has 1 unspecified atom stereocenters. The van der Waals surface area contributed by atoms with Crippen LogP contribution in [0.5, 0.6) is 0 Å². The molecule has 0 spiro atoms. The number of hydrogen-bond acceptors (Lipinski definition) is 4. The Labute approximate surface area is 164 Å². The first-order chi connectivity index (χ1) is 13.5. The summed E-state index contributed by atoms with van der Waals surface area (Å²) in [5, 5.41) is 10.6. The highest BCUT2D eigenvalue weighted by Gasteiger charge is 2.27. The maximum atomic E-state index is 14.0. The number of guanidine groups is 1. The molecule has 0 saturated carbocycles. The molecule has 1 aliphatic rings. The maximum absolute atomic E-state index is 14.0. The normalized spacial score (nSPS) is 17.2. The lowest BCUT2D eigenvalue weighted by Gasteiger charge is -2.21. The predicted octanol–water partition coefficient (Wildman–Crippen LogP) is 2.95. The molecule has 8 heteroatoms. The van der Waals surface area contributed by atoms with Gasteiger partial charge in [0.25, 0.3) is 0 Å². The highest BCUT2D eigenvalue weighted by molar-refractivity contribution is 5.80. The highest BCUT2D eigenvalue weighted by Crippen LogP contribution is 2.26. The number of anilines is 1. The monoisotopic (exact) mass is 391 g/mol. The van der Waals surface area contributed by atoms with Crippen LogP contribution >= 0.6 is 0 Å². The number of aryl methyl sites for hydroxylation is 2. The molecule has 2 N–H and O–H groups in total. The summed E-state index contributed by atoms with van der Waals surface area (Å²) in [6.07, 6.45) is 1.52. The Bertz CT molecular complexity index is 796. The molecular weight excluding hydrogens is 364 g/mol. The van der Waals surface area contributed by atoms with E-state index in [1.54, 1.807) is 4.90 Å². The number of rotatable bonds is 6.